The normalized spacial score (nSPS) is 10.6. The van der Waals surface area contributed by atoms with E-state index in [-0.39, 0.29) is 0 Å². The minimum atomic E-state index is 0.362. The molecule has 0 amide bonds. The lowest BCUT2D eigenvalue weighted by molar-refractivity contribution is 0.761. The largest absolute Gasteiger partial charge is 0.358 e. The SMILES string of the molecule is CC(C)c1nccc(N(C)CCN)n1. The molecule has 4 nitrogen and oxygen atoms in total. The molecular weight excluding hydrogens is 176 g/mol. The first-order chi connectivity index (χ1) is 6.65. The fourth-order valence-electron chi connectivity index (χ4n) is 1.16. The molecule has 1 aromatic heterocycles. The number of nitrogens with zero attached hydrogens (tertiary/aromatic N) is 3. The summed E-state index contributed by atoms with van der Waals surface area (Å²) in [5.41, 5.74) is 5.48. The molecule has 78 valence electrons. The molecule has 0 aliphatic carbocycles. The van der Waals surface area contributed by atoms with E-state index in [2.05, 4.69) is 23.8 Å². The predicted octanol–water partition coefficient (Wildman–Crippen LogP) is 0.995. The molecule has 1 heterocycles. The number of hydrogen-bond acceptors (Lipinski definition) is 4. The van der Waals surface area contributed by atoms with Gasteiger partial charge in [-0.15, -0.1) is 0 Å². The predicted molar refractivity (Wildman–Crippen MR) is 58.4 cm³/mol. The van der Waals surface area contributed by atoms with Crippen LogP contribution in [0.4, 0.5) is 5.82 Å². The van der Waals surface area contributed by atoms with Crippen LogP contribution in [0.2, 0.25) is 0 Å². The van der Waals surface area contributed by atoms with Crippen molar-refractivity contribution in [3.05, 3.63) is 18.1 Å². The Morgan fingerprint density at radius 2 is 2.21 bits per heavy atom. The van der Waals surface area contributed by atoms with Crippen molar-refractivity contribution in [2.45, 2.75) is 19.8 Å². The highest BCUT2D eigenvalue weighted by Crippen LogP contribution is 2.12. The Kier molecular flexibility index (Phi) is 3.83. The third-order valence-corrected chi connectivity index (χ3v) is 2.03. The molecule has 0 fully saturated rings. The molecule has 1 aromatic rings. The van der Waals surface area contributed by atoms with E-state index in [9.17, 15) is 0 Å². The van der Waals surface area contributed by atoms with Crippen molar-refractivity contribution in [1.29, 1.82) is 0 Å². The molecule has 0 spiro atoms. The zero-order valence-corrected chi connectivity index (χ0v) is 9.07. The van der Waals surface area contributed by atoms with Crippen molar-refractivity contribution >= 4 is 5.82 Å². The summed E-state index contributed by atoms with van der Waals surface area (Å²) in [7, 11) is 1.99. The molecule has 0 aliphatic rings. The maximum absolute atomic E-state index is 5.48. The zero-order chi connectivity index (χ0) is 10.6. The molecule has 2 N–H and O–H groups in total. The molecule has 0 unspecified atom stereocenters. The Labute approximate surface area is 85.2 Å². The van der Waals surface area contributed by atoms with Gasteiger partial charge < -0.3 is 10.6 Å². The van der Waals surface area contributed by atoms with Gasteiger partial charge in [0.1, 0.15) is 11.6 Å². The highest BCUT2D eigenvalue weighted by atomic mass is 15.2. The molecule has 0 aromatic carbocycles. The third-order valence-electron chi connectivity index (χ3n) is 2.03. The summed E-state index contributed by atoms with van der Waals surface area (Å²) >= 11 is 0. The molecule has 0 saturated heterocycles. The molecule has 4 heteroatoms. The fourth-order valence-corrected chi connectivity index (χ4v) is 1.16. The molecule has 0 bridgehead atoms. The van der Waals surface area contributed by atoms with Crippen molar-refractivity contribution in [2.75, 3.05) is 25.0 Å². The molecule has 0 saturated carbocycles. The van der Waals surface area contributed by atoms with Gasteiger partial charge in [-0.2, -0.15) is 0 Å². The summed E-state index contributed by atoms with van der Waals surface area (Å²) in [6, 6.07) is 1.90. The van der Waals surface area contributed by atoms with Gasteiger partial charge in [-0.05, 0) is 6.07 Å². The van der Waals surface area contributed by atoms with Crippen LogP contribution in [-0.4, -0.2) is 30.1 Å². The van der Waals surface area contributed by atoms with Gasteiger partial charge in [0.15, 0.2) is 0 Å². The fraction of sp³-hybridized carbons (Fsp3) is 0.600. The second-order valence-electron chi connectivity index (χ2n) is 3.64. The van der Waals surface area contributed by atoms with E-state index in [0.717, 1.165) is 18.2 Å². The summed E-state index contributed by atoms with van der Waals surface area (Å²) in [5.74, 6) is 2.18. The molecular formula is C10H18N4. The molecule has 0 aliphatic heterocycles. The zero-order valence-electron chi connectivity index (χ0n) is 9.07. The Balaban J connectivity index is 2.82. The summed E-state index contributed by atoms with van der Waals surface area (Å²) in [6.07, 6.45) is 1.80. The van der Waals surface area contributed by atoms with E-state index in [0.29, 0.717) is 12.5 Å². The van der Waals surface area contributed by atoms with Crippen molar-refractivity contribution in [3.8, 4) is 0 Å². The lowest BCUT2D eigenvalue weighted by Gasteiger charge is -2.17. The van der Waals surface area contributed by atoms with Gasteiger partial charge in [0.2, 0.25) is 0 Å². The van der Waals surface area contributed by atoms with E-state index in [1.54, 1.807) is 6.20 Å². The number of nitrogens with two attached hydrogens (primary N) is 1. The number of hydrogen-bond donors (Lipinski definition) is 1. The van der Waals surface area contributed by atoms with Crippen molar-refractivity contribution in [2.24, 2.45) is 5.73 Å². The minimum absolute atomic E-state index is 0.362. The number of likely N-dealkylation sites (N-methyl/N-ethyl adjacent to an activating group) is 1. The first-order valence-corrected chi connectivity index (χ1v) is 4.89. The van der Waals surface area contributed by atoms with Gasteiger partial charge in [-0.3, -0.25) is 0 Å². The number of anilines is 1. The highest BCUT2D eigenvalue weighted by molar-refractivity contribution is 5.36. The molecule has 0 atom stereocenters. The van der Waals surface area contributed by atoms with Crippen LogP contribution < -0.4 is 10.6 Å². The van der Waals surface area contributed by atoms with E-state index in [1.165, 1.54) is 0 Å². The van der Waals surface area contributed by atoms with Crippen LogP contribution >= 0.6 is 0 Å². The Bertz CT molecular complexity index is 285. The van der Waals surface area contributed by atoms with E-state index in [1.807, 2.05) is 18.0 Å². The first kappa shape index (κ1) is 10.9. The van der Waals surface area contributed by atoms with Crippen LogP contribution in [0, 0.1) is 0 Å². The highest BCUT2D eigenvalue weighted by Gasteiger charge is 2.06. The van der Waals surface area contributed by atoms with Crippen LogP contribution in [0.25, 0.3) is 0 Å². The maximum Gasteiger partial charge on any atom is 0.133 e. The van der Waals surface area contributed by atoms with E-state index in [4.69, 9.17) is 5.73 Å². The average Bonchev–Trinajstić information content (AvgIpc) is 2.18. The lowest BCUT2D eigenvalue weighted by Crippen LogP contribution is -2.26. The minimum Gasteiger partial charge on any atom is -0.358 e. The quantitative estimate of drug-likeness (QED) is 0.776. The Hall–Kier alpha value is -1.16. The number of rotatable bonds is 4. The lowest BCUT2D eigenvalue weighted by atomic mass is 10.2. The van der Waals surface area contributed by atoms with Crippen molar-refractivity contribution in [3.63, 3.8) is 0 Å². The van der Waals surface area contributed by atoms with Crippen LogP contribution in [0.1, 0.15) is 25.6 Å². The third kappa shape index (κ3) is 2.67. The van der Waals surface area contributed by atoms with Gasteiger partial charge >= 0.3 is 0 Å². The van der Waals surface area contributed by atoms with E-state index >= 15 is 0 Å². The Morgan fingerprint density at radius 1 is 1.50 bits per heavy atom. The number of aromatic nitrogens is 2. The second-order valence-corrected chi connectivity index (χ2v) is 3.64. The van der Waals surface area contributed by atoms with Gasteiger partial charge in [0.25, 0.3) is 0 Å². The van der Waals surface area contributed by atoms with Crippen LogP contribution in [0.5, 0.6) is 0 Å². The molecule has 1 rings (SSSR count). The smallest absolute Gasteiger partial charge is 0.133 e. The second kappa shape index (κ2) is 4.91. The monoisotopic (exact) mass is 194 g/mol. The maximum atomic E-state index is 5.48. The van der Waals surface area contributed by atoms with Crippen LogP contribution in [-0.2, 0) is 0 Å². The van der Waals surface area contributed by atoms with Gasteiger partial charge in [0, 0.05) is 32.3 Å². The van der Waals surface area contributed by atoms with Crippen molar-refractivity contribution < 1.29 is 0 Å². The Morgan fingerprint density at radius 3 is 2.79 bits per heavy atom. The topological polar surface area (TPSA) is 55.0 Å². The summed E-state index contributed by atoms with van der Waals surface area (Å²) in [6.45, 7) is 5.62. The van der Waals surface area contributed by atoms with Gasteiger partial charge in [0.05, 0.1) is 0 Å². The van der Waals surface area contributed by atoms with Crippen LogP contribution in [0.3, 0.4) is 0 Å². The standard InChI is InChI=1S/C10H18N4/c1-8(2)10-12-6-4-9(13-10)14(3)7-5-11/h4,6,8H,5,7,11H2,1-3H3. The van der Waals surface area contributed by atoms with Gasteiger partial charge in [-0.1, -0.05) is 13.8 Å². The summed E-state index contributed by atoms with van der Waals surface area (Å²) in [5, 5.41) is 0. The van der Waals surface area contributed by atoms with E-state index < -0.39 is 0 Å². The summed E-state index contributed by atoms with van der Waals surface area (Å²) in [4.78, 5) is 10.7. The molecule has 0 radical (unpaired) electrons. The average molecular weight is 194 g/mol. The molecule has 14 heavy (non-hydrogen) atoms. The van der Waals surface area contributed by atoms with Crippen LogP contribution in [0.15, 0.2) is 12.3 Å². The van der Waals surface area contributed by atoms with Crippen molar-refractivity contribution in [1.82, 2.24) is 9.97 Å². The first-order valence-electron chi connectivity index (χ1n) is 4.89. The summed E-state index contributed by atoms with van der Waals surface area (Å²) < 4.78 is 0. The van der Waals surface area contributed by atoms with Gasteiger partial charge in [-0.25, -0.2) is 9.97 Å².